The monoisotopic (exact) mass is 224 g/mol. The highest BCUT2D eigenvalue weighted by molar-refractivity contribution is 7.09. The van der Waals surface area contributed by atoms with Crippen molar-refractivity contribution in [3.05, 3.63) is 16.1 Å². The molecule has 0 aliphatic carbocycles. The van der Waals surface area contributed by atoms with Crippen LogP contribution in [0.1, 0.15) is 16.7 Å². The molecule has 0 radical (unpaired) electrons. The van der Waals surface area contributed by atoms with Gasteiger partial charge in [-0.1, -0.05) is 0 Å². The number of nitrogens with one attached hydrogen (secondary N) is 1. The fraction of sp³-hybridized carbons (Fsp3) is 0.600. The van der Waals surface area contributed by atoms with Gasteiger partial charge < -0.3 is 4.90 Å². The smallest absolute Gasteiger partial charge is 0.148 e. The Morgan fingerprint density at radius 3 is 2.87 bits per heavy atom. The van der Waals surface area contributed by atoms with Crippen molar-refractivity contribution in [1.82, 2.24) is 15.2 Å². The van der Waals surface area contributed by atoms with Crippen LogP contribution < -0.4 is 5.32 Å². The number of nitriles is 1. The van der Waals surface area contributed by atoms with Crippen LogP contribution in [0.15, 0.2) is 5.38 Å². The first-order chi connectivity index (χ1) is 7.13. The largest absolute Gasteiger partial charge is 0.308 e. The van der Waals surface area contributed by atoms with E-state index in [4.69, 9.17) is 5.26 Å². The Labute approximate surface area is 94.5 Å². The number of aryl methyl sites for hydroxylation is 1. The maximum atomic E-state index is 8.99. The minimum atomic E-state index is -0.274. The van der Waals surface area contributed by atoms with E-state index in [1.54, 1.807) is 0 Å². The van der Waals surface area contributed by atoms with Crippen molar-refractivity contribution in [2.45, 2.75) is 13.0 Å². The first-order valence-electron chi connectivity index (χ1n) is 4.83. The molecule has 15 heavy (non-hydrogen) atoms. The van der Waals surface area contributed by atoms with Crippen LogP contribution in [-0.2, 0) is 0 Å². The topological polar surface area (TPSA) is 52.0 Å². The first-order valence-corrected chi connectivity index (χ1v) is 5.71. The van der Waals surface area contributed by atoms with Gasteiger partial charge in [-0.3, -0.25) is 5.32 Å². The molecule has 82 valence electrons. The maximum Gasteiger partial charge on any atom is 0.148 e. The number of nitrogens with zero attached hydrogens (tertiary/aromatic N) is 3. The molecule has 1 N–H and O–H groups in total. The molecule has 0 aliphatic heterocycles. The van der Waals surface area contributed by atoms with Gasteiger partial charge in [0.2, 0.25) is 0 Å². The van der Waals surface area contributed by atoms with E-state index in [2.05, 4.69) is 21.3 Å². The quantitative estimate of drug-likeness (QED) is 0.815. The van der Waals surface area contributed by atoms with Gasteiger partial charge in [0.05, 0.1) is 6.07 Å². The van der Waals surface area contributed by atoms with Gasteiger partial charge in [0, 0.05) is 24.2 Å². The molecule has 1 unspecified atom stereocenters. The molecular formula is C10H16N4S. The fourth-order valence-electron chi connectivity index (χ4n) is 1.13. The third-order valence-electron chi connectivity index (χ3n) is 1.92. The SMILES string of the molecule is Cc1csc(C(C#N)NCCN(C)C)n1. The summed E-state index contributed by atoms with van der Waals surface area (Å²) in [6, 6.07) is 1.95. The molecule has 0 saturated carbocycles. The van der Waals surface area contributed by atoms with Crippen molar-refractivity contribution in [2.24, 2.45) is 0 Å². The van der Waals surface area contributed by atoms with E-state index in [0.29, 0.717) is 0 Å². The Morgan fingerprint density at radius 1 is 1.67 bits per heavy atom. The molecule has 1 heterocycles. The number of likely N-dealkylation sites (N-methyl/N-ethyl adjacent to an activating group) is 1. The number of thiazole rings is 1. The van der Waals surface area contributed by atoms with Crippen molar-refractivity contribution >= 4 is 11.3 Å². The van der Waals surface area contributed by atoms with Gasteiger partial charge in [-0.2, -0.15) is 5.26 Å². The van der Waals surface area contributed by atoms with Crippen LogP contribution >= 0.6 is 11.3 Å². The Balaban J connectivity index is 2.47. The van der Waals surface area contributed by atoms with Crippen LogP contribution in [0, 0.1) is 18.3 Å². The Hall–Kier alpha value is -0.960. The summed E-state index contributed by atoms with van der Waals surface area (Å²) in [6.45, 7) is 3.65. The summed E-state index contributed by atoms with van der Waals surface area (Å²) >= 11 is 1.53. The molecular weight excluding hydrogens is 208 g/mol. The minimum absolute atomic E-state index is 0.274. The zero-order valence-electron chi connectivity index (χ0n) is 9.32. The zero-order valence-corrected chi connectivity index (χ0v) is 10.1. The van der Waals surface area contributed by atoms with E-state index >= 15 is 0 Å². The van der Waals surface area contributed by atoms with Crippen LogP contribution in [0.4, 0.5) is 0 Å². The standard InChI is InChI=1S/C10H16N4S/c1-8-7-15-10(13-8)9(6-11)12-4-5-14(2)3/h7,9,12H,4-5H2,1-3H3. The van der Waals surface area contributed by atoms with Crippen molar-refractivity contribution < 1.29 is 0 Å². The van der Waals surface area contributed by atoms with Crippen LogP contribution in [0.2, 0.25) is 0 Å². The summed E-state index contributed by atoms with van der Waals surface area (Å²) in [5.41, 5.74) is 0.977. The summed E-state index contributed by atoms with van der Waals surface area (Å²) < 4.78 is 0. The summed E-state index contributed by atoms with van der Waals surface area (Å²) in [4.78, 5) is 6.38. The lowest BCUT2D eigenvalue weighted by Crippen LogP contribution is -2.29. The highest BCUT2D eigenvalue weighted by atomic mass is 32.1. The Bertz CT molecular complexity index is 339. The van der Waals surface area contributed by atoms with E-state index in [1.165, 1.54) is 11.3 Å². The van der Waals surface area contributed by atoms with Crippen LogP contribution in [0.3, 0.4) is 0 Å². The van der Waals surface area contributed by atoms with E-state index in [1.807, 2.05) is 26.4 Å². The van der Waals surface area contributed by atoms with Crippen LogP contribution in [-0.4, -0.2) is 37.1 Å². The number of rotatable bonds is 5. The van der Waals surface area contributed by atoms with Gasteiger partial charge in [-0.15, -0.1) is 11.3 Å². The molecule has 1 aromatic heterocycles. The van der Waals surface area contributed by atoms with Gasteiger partial charge in [0.1, 0.15) is 11.0 Å². The molecule has 0 saturated heterocycles. The predicted molar refractivity (Wildman–Crippen MR) is 61.8 cm³/mol. The predicted octanol–water partition coefficient (Wildman–Crippen LogP) is 1.17. The van der Waals surface area contributed by atoms with Crippen LogP contribution in [0.25, 0.3) is 0 Å². The van der Waals surface area contributed by atoms with Gasteiger partial charge in [-0.25, -0.2) is 4.98 Å². The third-order valence-corrected chi connectivity index (χ3v) is 2.95. The van der Waals surface area contributed by atoms with Crippen LogP contribution in [0.5, 0.6) is 0 Å². The molecule has 0 aromatic carbocycles. The van der Waals surface area contributed by atoms with E-state index in [0.717, 1.165) is 23.8 Å². The second kappa shape index (κ2) is 5.81. The number of aromatic nitrogens is 1. The Kier molecular flexibility index (Phi) is 4.69. The molecule has 0 fully saturated rings. The van der Waals surface area contributed by atoms with E-state index in [9.17, 15) is 0 Å². The highest BCUT2D eigenvalue weighted by Crippen LogP contribution is 2.16. The molecule has 1 atom stereocenters. The van der Waals surface area contributed by atoms with Gasteiger partial charge in [0.25, 0.3) is 0 Å². The van der Waals surface area contributed by atoms with Crippen molar-refractivity contribution in [3.8, 4) is 6.07 Å². The van der Waals surface area contributed by atoms with Crippen molar-refractivity contribution in [3.63, 3.8) is 0 Å². The summed E-state index contributed by atoms with van der Waals surface area (Å²) in [7, 11) is 4.02. The van der Waals surface area contributed by atoms with Gasteiger partial charge in [-0.05, 0) is 21.0 Å². The zero-order chi connectivity index (χ0) is 11.3. The summed E-state index contributed by atoms with van der Waals surface area (Å²) in [6.07, 6.45) is 0. The Morgan fingerprint density at radius 2 is 2.40 bits per heavy atom. The lowest BCUT2D eigenvalue weighted by atomic mass is 10.3. The molecule has 5 heteroatoms. The second-order valence-electron chi connectivity index (χ2n) is 3.65. The molecule has 4 nitrogen and oxygen atoms in total. The third kappa shape index (κ3) is 3.96. The maximum absolute atomic E-state index is 8.99. The summed E-state index contributed by atoms with van der Waals surface area (Å²) in [5.74, 6) is 0. The lowest BCUT2D eigenvalue weighted by molar-refractivity contribution is 0.395. The minimum Gasteiger partial charge on any atom is -0.308 e. The average molecular weight is 224 g/mol. The lowest BCUT2D eigenvalue weighted by Gasteiger charge is -2.12. The number of hydrogen-bond donors (Lipinski definition) is 1. The molecule has 1 rings (SSSR count). The van der Waals surface area contributed by atoms with Crippen molar-refractivity contribution in [1.29, 1.82) is 5.26 Å². The molecule has 0 spiro atoms. The molecule has 0 bridgehead atoms. The summed E-state index contributed by atoms with van der Waals surface area (Å²) in [5, 5.41) is 15.0. The van der Waals surface area contributed by atoms with Crippen molar-refractivity contribution in [2.75, 3.05) is 27.2 Å². The first kappa shape index (κ1) is 12.1. The van der Waals surface area contributed by atoms with E-state index in [-0.39, 0.29) is 6.04 Å². The van der Waals surface area contributed by atoms with Gasteiger partial charge in [0.15, 0.2) is 0 Å². The van der Waals surface area contributed by atoms with Gasteiger partial charge >= 0.3 is 0 Å². The highest BCUT2D eigenvalue weighted by Gasteiger charge is 2.12. The van der Waals surface area contributed by atoms with E-state index < -0.39 is 0 Å². The second-order valence-corrected chi connectivity index (χ2v) is 4.54. The molecule has 1 aromatic rings. The fourth-order valence-corrected chi connectivity index (χ4v) is 1.94. The normalized spacial score (nSPS) is 12.7. The average Bonchev–Trinajstić information content (AvgIpc) is 2.59. The number of hydrogen-bond acceptors (Lipinski definition) is 5. The molecule has 0 aliphatic rings. The molecule has 0 amide bonds.